The summed E-state index contributed by atoms with van der Waals surface area (Å²) in [5.41, 5.74) is 1.62. The molecule has 36 heavy (non-hydrogen) atoms. The van der Waals surface area contributed by atoms with Crippen LogP contribution in [0.5, 0.6) is 17.2 Å². The van der Waals surface area contributed by atoms with Gasteiger partial charge in [-0.3, -0.25) is 14.5 Å². The monoisotopic (exact) mass is 493 g/mol. The first kappa shape index (κ1) is 24.4. The van der Waals surface area contributed by atoms with Crippen LogP contribution in [0.15, 0.2) is 42.5 Å². The molecule has 2 amide bonds. The first-order valence-electron chi connectivity index (χ1n) is 13.1. The molecule has 1 N–H and O–H groups in total. The Labute approximate surface area is 212 Å². The molecule has 2 saturated heterocycles. The van der Waals surface area contributed by atoms with E-state index >= 15 is 0 Å². The third kappa shape index (κ3) is 5.43. The summed E-state index contributed by atoms with van der Waals surface area (Å²) in [5, 5.41) is 3.57. The number of hydrogen-bond acceptors (Lipinski definition) is 7. The van der Waals surface area contributed by atoms with Gasteiger partial charge < -0.3 is 19.5 Å². The number of unbranched alkanes of at least 4 members (excludes halogenated alkanes) is 3. The van der Waals surface area contributed by atoms with E-state index in [1.807, 2.05) is 30.3 Å². The summed E-state index contributed by atoms with van der Waals surface area (Å²) in [6, 6.07) is 13.1. The second kappa shape index (κ2) is 11.2. The van der Waals surface area contributed by atoms with E-state index in [2.05, 4.69) is 17.1 Å². The minimum Gasteiger partial charge on any atom is -0.494 e. The molecule has 1 atom stereocenters. The minimum atomic E-state index is -0.390. The maximum atomic E-state index is 13.2. The zero-order chi connectivity index (χ0) is 24.9. The number of piperidine rings is 1. The molecule has 0 radical (unpaired) electrons. The van der Waals surface area contributed by atoms with Crippen LogP contribution in [0.4, 0.5) is 11.4 Å². The summed E-state index contributed by atoms with van der Waals surface area (Å²) in [5.74, 6) is 2.03. The number of ether oxygens (including phenoxy) is 3. The van der Waals surface area contributed by atoms with Crippen molar-refractivity contribution in [3.8, 4) is 17.2 Å². The minimum absolute atomic E-state index is 0.129. The Morgan fingerprint density at radius 2 is 1.75 bits per heavy atom. The fourth-order valence-corrected chi connectivity index (χ4v) is 5.16. The highest BCUT2D eigenvalue weighted by Crippen LogP contribution is 2.35. The highest BCUT2D eigenvalue weighted by molar-refractivity contribution is 6.22. The molecule has 8 heteroatoms. The van der Waals surface area contributed by atoms with E-state index in [0.29, 0.717) is 18.3 Å². The summed E-state index contributed by atoms with van der Waals surface area (Å²) >= 11 is 0. The second-order valence-electron chi connectivity index (χ2n) is 9.71. The number of amides is 2. The third-order valence-electron chi connectivity index (χ3n) is 7.20. The number of hydrogen-bond donors (Lipinski definition) is 1. The van der Waals surface area contributed by atoms with Gasteiger partial charge in [-0.05, 0) is 55.7 Å². The lowest BCUT2D eigenvalue weighted by Gasteiger charge is -2.35. The van der Waals surface area contributed by atoms with E-state index in [1.165, 1.54) is 24.2 Å². The number of likely N-dealkylation sites (tertiary alicyclic amines) is 1. The molecule has 2 fully saturated rings. The van der Waals surface area contributed by atoms with Crippen molar-refractivity contribution < 1.29 is 23.8 Å². The largest absolute Gasteiger partial charge is 0.494 e. The number of carbonyl (C=O) groups excluding carboxylic acids is 2. The number of fused-ring (bicyclic) bond motifs is 1. The molecule has 3 heterocycles. The van der Waals surface area contributed by atoms with E-state index in [1.54, 1.807) is 12.1 Å². The van der Waals surface area contributed by atoms with Crippen LogP contribution in [0.25, 0.3) is 0 Å². The van der Waals surface area contributed by atoms with Crippen LogP contribution in [0.2, 0.25) is 0 Å². The van der Waals surface area contributed by atoms with Crippen LogP contribution in [0.1, 0.15) is 51.9 Å². The Bertz CT molecular complexity index is 1070. The van der Waals surface area contributed by atoms with Crippen LogP contribution >= 0.6 is 0 Å². The smallest absolute Gasteiger partial charge is 0.251 e. The van der Waals surface area contributed by atoms with Gasteiger partial charge in [-0.25, -0.2) is 4.90 Å². The normalized spacial score (nSPS) is 20.2. The second-order valence-corrected chi connectivity index (χ2v) is 9.71. The summed E-state index contributed by atoms with van der Waals surface area (Å²) in [6.45, 7) is 4.67. The van der Waals surface area contributed by atoms with E-state index in [4.69, 9.17) is 14.2 Å². The van der Waals surface area contributed by atoms with Gasteiger partial charge in [0.05, 0.1) is 24.8 Å². The van der Waals surface area contributed by atoms with E-state index in [-0.39, 0.29) is 25.0 Å². The van der Waals surface area contributed by atoms with Crippen molar-refractivity contribution in [3.63, 3.8) is 0 Å². The molecular weight excluding hydrogens is 458 g/mol. The van der Waals surface area contributed by atoms with Crippen molar-refractivity contribution in [2.45, 2.75) is 64.0 Å². The Kier molecular flexibility index (Phi) is 7.60. The fraction of sp³-hybridized carbons (Fsp3) is 0.500. The summed E-state index contributed by atoms with van der Waals surface area (Å²) < 4.78 is 16.6. The van der Waals surface area contributed by atoms with E-state index in [0.717, 1.165) is 55.3 Å². The van der Waals surface area contributed by atoms with Gasteiger partial charge in [-0.15, -0.1) is 0 Å². The average molecular weight is 494 g/mol. The zero-order valence-electron chi connectivity index (χ0n) is 20.9. The molecule has 0 aliphatic carbocycles. The quantitative estimate of drug-likeness (QED) is 0.383. The summed E-state index contributed by atoms with van der Waals surface area (Å²) in [7, 11) is 0. The van der Waals surface area contributed by atoms with Crippen LogP contribution in [0, 0.1) is 0 Å². The number of carbonyl (C=O) groups is 2. The number of anilines is 2. The van der Waals surface area contributed by atoms with Gasteiger partial charge in [-0.1, -0.05) is 26.2 Å². The lowest BCUT2D eigenvalue weighted by molar-refractivity contribution is -0.123. The maximum absolute atomic E-state index is 13.2. The number of rotatable bonds is 10. The van der Waals surface area contributed by atoms with Crippen LogP contribution in [-0.2, 0) is 9.59 Å². The van der Waals surface area contributed by atoms with Crippen molar-refractivity contribution >= 4 is 23.2 Å². The van der Waals surface area contributed by atoms with Gasteiger partial charge in [0.2, 0.25) is 12.7 Å². The Morgan fingerprint density at radius 3 is 2.53 bits per heavy atom. The van der Waals surface area contributed by atoms with Crippen LogP contribution in [-0.4, -0.2) is 55.3 Å². The standard InChI is InChI=1S/C28H35N3O5/c1-2-3-4-5-16-34-23-9-7-22(8-10-23)31-27(32)18-24(28(31)33)30-14-12-20(13-15-30)29-21-6-11-25-26(17-21)36-19-35-25/h6-11,17,20,24,29H,2-5,12-16,18-19H2,1H3/t24-/m1/s1. The van der Waals surface area contributed by atoms with Gasteiger partial charge in [0.25, 0.3) is 5.91 Å². The molecule has 3 aliphatic rings. The Hall–Kier alpha value is -3.26. The predicted octanol–water partition coefficient (Wildman–Crippen LogP) is 4.58. The fourth-order valence-electron chi connectivity index (χ4n) is 5.16. The van der Waals surface area contributed by atoms with E-state index < -0.39 is 6.04 Å². The van der Waals surface area contributed by atoms with Gasteiger partial charge in [0, 0.05) is 30.9 Å². The summed E-state index contributed by atoms with van der Waals surface area (Å²) in [6.07, 6.45) is 6.64. The number of imide groups is 1. The van der Waals surface area contributed by atoms with Gasteiger partial charge in [0.15, 0.2) is 11.5 Å². The van der Waals surface area contributed by atoms with Crippen molar-refractivity contribution in [2.75, 3.05) is 36.7 Å². The van der Waals surface area contributed by atoms with Crippen LogP contribution in [0.3, 0.4) is 0 Å². The number of benzene rings is 2. The molecule has 192 valence electrons. The molecule has 0 saturated carbocycles. The highest BCUT2D eigenvalue weighted by Gasteiger charge is 2.43. The molecular formula is C28H35N3O5. The van der Waals surface area contributed by atoms with Crippen molar-refractivity contribution in [1.82, 2.24) is 4.90 Å². The summed E-state index contributed by atoms with van der Waals surface area (Å²) in [4.78, 5) is 29.6. The maximum Gasteiger partial charge on any atom is 0.251 e. The number of nitrogens with zero attached hydrogens (tertiary/aromatic N) is 2. The van der Waals surface area contributed by atoms with Crippen molar-refractivity contribution in [1.29, 1.82) is 0 Å². The zero-order valence-corrected chi connectivity index (χ0v) is 20.9. The van der Waals surface area contributed by atoms with Crippen LogP contribution < -0.4 is 24.4 Å². The highest BCUT2D eigenvalue weighted by atomic mass is 16.7. The van der Waals surface area contributed by atoms with Gasteiger partial charge in [0.1, 0.15) is 5.75 Å². The molecule has 0 spiro atoms. The van der Waals surface area contributed by atoms with Crippen molar-refractivity contribution in [2.24, 2.45) is 0 Å². The third-order valence-corrected chi connectivity index (χ3v) is 7.20. The molecule has 0 aromatic heterocycles. The Morgan fingerprint density at radius 1 is 0.972 bits per heavy atom. The predicted molar refractivity (Wildman–Crippen MR) is 138 cm³/mol. The number of nitrogens with one attached hydrogen (secondary N) is 1. The molecule has 8 nitrogen and oxygen atoms in total. The van der Waals surface area contributed by atoms with Gasteiger partial charge in [-0.2, -0.15) is 0 Å². The first-order valence-corrected chi connectivity index (χ1v) is 13.1. The first-order chi connectivity index (χ1) is 17.6. The molecule has 2 aromatic rings. The molecule has 3 aliphatic heterocycles. The lowest BCUT2D eigenvalue weighted by atomic mass is 10.0. The topological polar surface area (TPSA) is 80.3 Å². The molecule has 2 aromatic carbocycles. The lowest BCUT2D eigenvalue weighted by Crippen LogP contribution is -2.48. The Balaban J connectivity index is 1.12. The molecule has 0 bridgehead atoms. The molecule has 5 rings (SSSR count). The van der Waals surface area contributed by atoms with E-state index in [9.17, 15) is 9.59 Å². The van der Waals surface area contributed by atoms with Crippen molar-refractivity contribution in [3.05, 3.63) is 42.5 Å². The average Bonchev–Trinajstić information content (AvgIpc) is 3.48. The SMILES string of the molecule is CCCCCCOc1ccc(N2C(=O)C[C@@H](N3CCC(Nc4ccc5c(c4)OCO5)CC3)C2=O)cc1. The van der Waals surface area contributed by atoms with Gasteiger partial charge >= 0.3 is 0 Å². The molecule has 0 unspecified atom stereocenters.